The van der Waals surface area contributed by atoms with Crippen molar-refractivity contribution in [3.05, 3.63) is 23.0 Å². The second kappa shape index (κ2) is 4.52. The molecule has 0 aliphatic heterocycles. The number of aliphatic hydroxyl groups is 1. The Morgan fingerprint density at radius 1 is 1.43 bits per heavy atom. The summed E-state index contributed by atoms with van der Waals surface area (Å²) in [5.41, 5.74) is -0.483. The first-order valence-electron chi connectivity index (χ1n) is 3.76. The predicted octanol–water partition coefficient (Wildman–Crippen LogP) is 1.96. The number of halogens is 3. The molecule has 0 aliphatic rings. The summed E-state index contributed by atoms with van der Waals surface area (Å²) in [5.74, 6) is -0.635. The third-order valence-corrected chi connectivity index (χ3v) is 1.96. The van der Waals surface area contributed by atoms with Gasteiger partial charge in [-0.1, -0.05) is 0 Å². The van der Waals surface area contributed by atoms with Crippen molar-refractivity contribution in [1.29, 1.82) is 0 Å². The lowest BCUT2D eigenvalue weighted by molar-refractivity contribution is 0.149. The summed E-state index contributed by atoms with van der Waals surface area (Å²) < 4.78 is 24.7. The molecule has 1 heterocycles. The van der Waals surface area contributed by atoms with Crippen LogP contribution >= 0.6 is 11.6 Å². The highest BCUT2D eigenvalue weighted by Gasteiger charge is 2.17. The average molecular weight is 224 g/mol. The van der Waals surface area contributed by atoms with Crippen LogP contribution in [0.3, 0.4) is 0 Å². The molecule has 1 aromatic rings. The second-order valence-electron chi connectivity index (χ2n) is 2.58. The van der Waals surface area contributed by atoms with E-state index >= 15 is 0 Å². The maximum Gasteiger partial charge on any atom is 0.265 e. The van der Waals surface area contributed by atoms with Gasteiger partial charge >= 0.3 is 0 Å². The summed E-state index contributed by atoms with van der Waals surface area (Å²) in [4.78, 5) is 3.62. The zero-order chi connectivity index (χ0) is 10.7. The maximum absolute atomic E-state index is 12.4. The molecule has 0 bridgehead atoms. The van der Waals surface area contributed by atoms with E-state index in [1.807, 2.05) is 0 Å². The highest BCUT2D eigenvalue weighted by Crippen LogP contribution is 2.28. The van der Waals surface area contributed by atoms with Crippen LogP contribution in [0.15, 0.2) is 6.07 Å². The van der Waals surface area contributed by atoms with Gasteiger partial charge in [0.1, 0.15) is 11.4 Å². The van der Waals surface area contributed by atoms with Crippen LogP contribution in [0.4, 0.5) is 8.78 Å². The molecule has 0 aliphatic carbocycles. The van der Waals surface area contributed by atoms with Crippen LogP contribution in [0, 0.1) is 0 Å². The van der Waals surface area contributed by atoms with E-state index in [4.69, 9.17) is 21.8 Å². The van der Waals surface area contributed by atoms with Gasteiger partial charge in [0.25, 0.3) is 6.43 Å². The first-order valence-corrected chi connectivity index (χ1v) is 4.30. The van der Waals surface area contributed by atoms with Crippen LogP contribution in [0.2, 0.25) is 0 Å². The van der Waals surface area contributed by atoms with Gasteiger partial charge in [-0.2, -0.15) is 0 Å². The van der Waals surface area contributed by atoms with Gasteiger partial charge in [0, 0.05) is 5.56 Å². The summed E-state index contributed by atoms with van der Waals surface area (Å²) in [6, 6.07) is 0.876. The van der Waals surface area contributed by atoms with Gasteiger partial charge in [0.15, 0.2) is 0 Å². The molecule has 0 atom stereocenters. The highest BCUT2D eigenvalue weighted by molar-refractivity contribution is 6.17. The zero-order valence-electron chi connectivity index (χ0n) is 7.04. The smallest absolute Gasteiger partial charge is 0.265 e. The number of pyridine rings is 1. The molecular weight excluding hydrogens is 216 g/mol. The van der Waals surface area contributed by atoms with Gasteiger partial charge in [0.2, 0.25) is 0 Å². The summed E-state index contributed by atoms with van der Waals surface area (Å²) in [5, 5.41) is 17.9. The molecular formula is C8H8ClF2NO2. The number of rotatable bonds is 3. The van der Waals surface area contributed by atoms with Crippen LogP contribution in [0.1, 0.15) is 23.4 Å². The fourth-order valence-corrected chi connectivity index (χ4v) is 1.23. The third kappa shape index (κ3) is 2.10. The molecule has 0 aromatic carbocycles. The molecule has 6 heteroatoms. The van der Waals surface area contributed by atoms with Gasteiger partial charge in [-0.25, -0.2) is 13.8 Å². The van der Waals surface area contributed by atoms with E-state index in [-0.39, 0.29) is 17.3 Å². The van der Waals surface area contributed by atoms with Gasteiger partial charge in [-0.3, -0.25) is 0 Å². The molecule has 0 spiro atoms. The molecule has 14 heavy (non-hydrogen) atoms. The SMILES string of the molecule is OCc1nc(CCl)c(C(F)F)cc1O. The Balaban J connectivity index is 3.24. The van der Waals surface area contributed by atoms with Crippen molar-refractivity contribution >= 4 is 11.6 Å². The van der Waals surface area contributed by atoms with Crippen molar-refractivity contribution in [1.82, 2.24) is 4.98 Å². The van der Waals surface area contributed by atoms with Crippen LogP contribution < -0.4 is 0 Å². The standard InChI is InChI=1S/C8H8ClF2NO2/c9-2-5-4(8(10)11)1-7(14)6(3-13)12-5/h1,8,13-14H,2-3H2. The number of hydrogen-bond donors (Lipinski definition) is 2. The van der Waals surface area contributed by atoms with Gasteiger partial charge in [-0.05, 0) is 6.07 Å². The Morgan fingerprint density at radius 2 is 2.07 bits per heavy atom. The van der Waals surface area contributed by atoms with Crippen LogP contribution in [0.25, 0.3) is 0 Å². The van der Waals surface area contributed by atoms with Crippen molar-refractivity contribution in [3.8, 4) is 5.75 Å². The Bertz CT molecular complexity index is 333. The molecule has 0 unspecified atom stereocenters. The normalized spacial score (nSPS) is 10.9. The topological polar surface area (TPSA) is 53.4 Å². The lowest BCUT2D eigenvalue weighted by Crippen LogP contribution is -2.01. The molecule has 0 radical (unpaired) electrons. The second-order valence-corrected chi connectivity index (χ2v) is 2.85. The summed E-state index contributed by atoms with van der Waals surface area (Å²) in [7, 11) is 0. The van der Waals surface area contributed by atoms with Crippen LogP contribution in [-0.2, 0) is 12.5 Å². The number of hydrogen-bond acceptors (Lipinski definition) is 3. The summed E-state index contributed by atoms with van der Waals surface area (Å²) in [6.45, 7) is -0.515. The highest BCUT2D eigenvalue weighted by atomic mass is 35.5. The first-order chi connectivity index (χ1) is 6.60. The Labute approximate surface area is 84.0 Å². The molecule has 1 aromatic heterocycles. The number of nitrogens with zero attached hydrogens (tertiary/aromatic N) is 1. The summed E-state index contributed by atoms with van der Waals surface area (Å²) in [6.07, 6.45) is -2.74. The largest absolute Gasteiger partial charge is 0.506 e. The fourth-order valence-electron chi connectivity index (χ4n) is 1.01. The minimum atomic E-state index is -2.74. The molecule has 2 N–H and O–H groups in total. The summed E-state index contributed by atoms with van der Waals surface area (Å²) >= 11 is 5.40. The van der Waals surface area contributed by atoms with E-state index in [0.29, 0.717) is 0 Å². The van der Waals surface area contributed by atoms with Crippen LogP contribution in [-0.4, -0.2) is 15.2 Å². The molecule has 0 saturated heterocycles. The fraction of sp³-hybridized carbons (Fsp3) is 0.375. The first kappa shape index (κ1) is 11.1. The van der Waals surface area contributed by atoms with Crippen molar-refractivity contribution in [2.75, 3.05) is 0 Å². The minimum Gasteiger partial charge on any atom is -0.506 e. The lowest BCUT2D eigenvalue weighted by Gasteiger charge is -2.08. The molecule has 3 nitrogen and oxygen atoms in total. The van der Waals surface area contributed by atoms with Gasteiger partial charge < -0.3 is 10.2 Å². The molecule has 78 valence electrons. The number of aliphatic hydroxyl groups excluding tert-OH is 1. The van der Waals surface area contributed by atoms with Crippen molar-refractivity contribution in [2.45, 2.75) is 18.9 Å². The third-order valence-electron chi connectivity index (χ3n) is 1.70. The maximum atomic E-state index is 12.4. The Hall–Kier alpha value is -0.940. The molecule has 0 saturated carbocycles. The van der Waals surface area contributed by atoms with Gasteiger partial charge in [0.05, 0.1) is 18.2 Å². The van der Waals surface area contributed by atoms with E-state index < -0.39 is 24.3 Å². The Morgan fingerprint density at radius 3 is 2.50 bits per heavy atom. The monoisotopic (exact) mass is 223 g/mol. The molecule has 0 amide bonds. The van der Waals surface area contributed by atoms with E-state index in [9.17, 15) is 8.78 Å². The van der Waals surface area contributed by atoms with Crippen molar-refractivity contribution < 1.29 is 19.0 Å². The van der Waals surface area contributed by atoms with E-state index in [2.05, 4.69) is 4.98 Å². The van der Waals surface area contributed by atoms with Crippen molar-refractivity contribution in [2.24, 2.45) is 0 Å². The van der Waals surface area contributed by atoms with E-state index in [0.717, 1.165) is 6.07 Å². The molecule has 1 rings (SSSR count). The van der Waals surface area contributed by atoms with Gasteiger partial charge in [-0.15, -0.1) is 11.6 Å². The Kier molecular flexibility index (Phi) is 3.60. The minimum absolute atomic E-state index is 0.0245. The van der Waals surface area contributed by atoms with E-state index in [1.54, 1.807) is 0 Å². The predicted molar refractivity (Wildman–Crippen MR) is 46.3 cm³/mol. The quantitative estimate of drug-likeness (QED) is 0.771. The lowest BCUT2D eigenvalue weighted by atomic mass is 10.2. The number of aromatic nitrogens is 1. The zero-order valence-corrected chi connectivity index (χ0v) is 7.80. The number of alkyl halides is 3. The number of aromatic hydroxyl groups is 1. The van der Waals surface area contributed by atoms with E-state index in [1.165, 1.54) is 0 Å². The van der Waals surface area contributed by atoms with Crippen molar-refractivity contribution in [3.63, 3.8) is 0 Å². The molecule has 0 fully saturated rings. The average Bonchev–Trinajstić information content (AvgIpc) is 2.17. The van der Waals surface area contributed by atoms with Crippen LogP contribution in [0.5, 0.6) is 5.75 Å².